The Morgan fingerprint density at radius 3 is 2.37 bits per heavy atom. The van der Waals surface area contributed by atoms with E-state index in [4.69, 9.17) is 14.6 Å². The number of fused-ring (bicyclic) bond motifs is 1. The van der Waals surface area contributed by atoms with Crippen LogP contribution in [0.25, 0.3) is 0 Å². The molecule has 0 aliphatic carbocycles. The molecule has 30 heavy (non-hydrogen) atoms. The van der Waals surface area contributed by atoms with Crippen LogP contribution in [0.2, 0.25) is 0 Å². The Hall–Kier alpha value is -3.22. The van der Waals surface area contributed by atoms with Crippen LogP contribution < -0.4 is 14.4 Å². The molecule has 1 fully saturated rings. The topological polar surface area (TPSA) is 57.6 Å². The molecule has 158 valence electrons. The second-order valence-corrected chi connectivity index (χ2v) is 7.70. The fourth-order valence-corrected chi connectivity index (χ4v) is 3.87. The summed E-state index contributed by atoms with van der Waals surface area (Å²) in [5.74, 6) is 2.17. The number of ether oxygens (including phenoxy) is 2. The third-order valence-electron chi connectivity index (χ3n) is 5.77. The second kappa shape index (κ2) is 8.26. The van der Waals surface area contributed by atoms with Gasteiger partial charge in [-0.05, 0) is 49.6 Å². The van der Waals surface area contributed by atoms with Gasteiger partial charge in [-0.25, -0.2) is 9.80 Å². The molecule has 0 aromatic heterocycles. The van der Waals surface area contributed by atoms with Gasteiger partial charge in [0.1, 0.15) is 0 Å². The lowest BCUT2D eigenvalue weighted by molar-refractivity contribution is 0.187. The Balaban J connectivity index is 1.76. The van der Waals surface area contributed by atoms with Crippen LogP contribution in [0.5, 0.6) is 11.5 Å². The van der Waals surface area contributed by atoms with Crippen molar-refractivity contribution in [3.63, 3.8) is 0 Å². The van der Waals surface area contributed by atoms with Gasteiger partial charge in [0.15, 0.2) is 17.3 Å². The monoisotopic (exact) mass is 408 g/mol. The number of hydrogen-bond donors (Lipinski definition) is 0. The summed E-state index contributed by atoms with van der Waals surface area (Å²) in [6.07, 6.45) is 1.79. The first-order valence-electron chi connectivity index (χ1n) is 10.2. The zero-order valence-corrected chi connectivity index (χ0v) is 18.0. The quantitative estimate of drug-likeness (QED) is 0.779. The van der Waals surface area contributed by atoms with Gasteiger partial charge in [0.05, 0.1) is 20.3 Å². The molecule has 1 saturated heterocycles. The van der Waals surface area contributed by atoms with Crippen molar-refractivity contribution in [1.29, 1.82) is 0 Å². The second-order valence-electron chi connectivity index (χ2n) is 7.70. The van der Waals surface area contributed by atoms with Crippen LogP contribution >= 0.6 is 0 Å². The van der Waals surface area contributed by atoms with E-state index in [2.05, 4.69) is 4.90 Å². The molecule has 2 aliphatic rings. The predicted octanol–water partition coefficient (Wildman–Crippen LogP) is 3.57. The van der Waals surface area contributed by atoms with Gasteiger partial charge < -0.3 is 14.4 Å². The van der Waals surface area contributed by atoms with E-state index in [0.717, 1.165) is 42.2 Å². The van der Waals surface area contributed by atoms with E-state index in [9.17, 15) is 4.79 Å². The molecule has 2 aromatic carbocycles. The Morgan fingerprint density at radius 1 is 1.10 bits per heavy atom. The maximum Gasteiger partial charge on any atom is 0.344 e. The highest BCUT2D eigenvalue weighted by Crippen LogP contribution is 2.35. The van der Waals surface area contributed by atoms with Crippen molar-refractivity contribution < 1.29 is 14.3 Å². The number of carbonyl (C=O) groups excluding carboxylic acids is 1. The van der Waals surface area contributed by atoms with Crippen LogP contribution in [0.1, 0.15) is 24.5 Å². The minimum absolute atomic E-state index is 0.112. The normalized spacial score (nSPS) is 18.0. The first kappa shape index (κ1) is 20.1. The summed E-state index contributed by atoms with van der Waals surface area (Å²) in [6, 6.07) is 13.4. The third kappa shape index (κ3) is 3.56. The van der Waals surface area contributed by atoms with Gasteiger partial charge in [-0.15, -0.1) is 5.10 Å². The molecule has 2 heterocycles. The van der Waals surface area contributed by atoms with Gasteiger partial charge in [0.25, 0.3) is 0 Å². The smallest absolute Gasteiger partial charge is 0.344 e. The molecule has 0 saturated carbocycles. The van der Waals surface area contributed by atoms with E-state index in [1.807, 2.05) is 49.4 Å². The standard InChI is InChI=1S/C23H28N4O3/c1-16-13-17-14-20(29-3)21(30-4)15-19(17)22(26-11-8-12-26)24-27(16)23(28)25(2)18-9-6-5-7-10-18/h5-7,9-10,14-16H,8,11-13H2,1-4H3. The number of rotatable bonds is 3. The van der Waals surface area contributed by atoms with Crippen LogP contribution in [-0.2, 0) is 6.42 Å². The molecular formula is C23H28N4O3. The average Bonchev–Trinajstić information content (AvgIpc) is 2.87. The molecule has 2 amide bonds. The number of nitrogens with zero attached hydrogens (tertiary/aromatic N) is 4. The first-order valence-corrected chi connectivity index (χ1v) is 10.2. The van der Waals surface area contributed by atoms with Crippen molar-refractivity contribution in [3.05, 3.63) is 53.6 Å². The largest absolute Gasteiger partial charge is 0.493 e. The van der Waals surface area contributed by atoms with Gasteiger partial charge >= 0.3 is 6.03 Å². The molecule has 2 aliphatic heterocycles. The number of hydrogen-bond acceptors (Lipinski definition) is 5. The SMILES string of the molecule is COc1cc2c(cc1OC)C(N1CCC1)=NN(C(=O)N(C)c1ccccc1)C(C)C2. The highest BCUT2D eigenvalue weighted by molar-refractivity contribution is 6.03. The van der Waals surface area contributed by atoms with E-state index < -0.39 is 0 Å². The molecule has 7 heteroatoms. The van der Waals surface area contributed by atoms with Gasteiger partial charge in [-0.2, -0.15) is 0 Å². The number of hydrazone groups is 1. The van der Waals surface area contributed by atoms with E-state index in [1.54, 1.807) is 31.2 Å². The fraction of sp³-hybridized carbons (Fsp3) is 0.391. The lowest BCUT2D eigenvalue weighted by Gasteiger charge is -2.35. The Morgan fingerprint density at radius 2 is 1.77 bits per heavy atom. The predicted molar refractivity (Wildman–Crippen MR) is 118 cm³/mol. The summed E-state index contributed by atoms with van der Waals surface area (Å²) in [6.45, 7) is 3.88. The van der Waals surface area contributed by atoms with Gasteiger partial charge in [0.2, 0.25) is 0 Å². The fourth-order valence-electron chi connectivity index (χ4n) is 3.87. The maximum absolute atomic E-state index is 13.4. The molecule has 4 rings (SSSR count). The van der Waals surface area contributed by atoms with Crippen LogP contribution in [0, 0.1) is 0 Å². The maximum atomic E-state index is 13.4. The molecule has 7 nitrogen and oxygen atoms in total. The molecule has 0 bridgehead atoms. The lowest BCUT2D eigenvalue weighted by atomic mass is 9.98. The van der Waals surface area contributed by atoms with Crippen LogP contribution in [0.3, 0.4) is 0 Å². The molecule has 1 unspecified atom stereocenters. The number of para-hydroxylation sites is 1. The van der Waals surface area contributed by atoms with Crippen LogP contribution in [-0.4, -0.2) is 62.2 Å². The number of carbonyl (C=O) groups is 1. The summed E-state index contributed by atoms with van der Waals surface area (Å²) in [5.41, 5.74) is 2.93. The number of amidine groups is 1. The summed E-state index contributed by atoms with van der Waals surface area (Å²) in [5, 5.41) is 6.50. The van der Waals surface area contributed by atoms with Crippen molar-refractivity contribution >= 4 is 17.6 Å². The minimum Gasteiger partial charge on any atom is -0.493 e. The number of benzene rings is 2. The molecule has 0 radical (unpaired) electrons. The number of likely N-dealkylation sites (tertiary alicyclic amines) is 1. The Labute approximate surface area is 177 Å². The van der Waals surface area contributed by atoms with Gasteiger partial charge in [-0.3, -0.25) is 4.90 Å². The summed E-state index contributed by atoms with van der Waals surface area (Å²) in [4.78, 5) is 17.3. The van der Waals surface area contributed by atoms with Crippen LogP contribution in [0.4, 0.5) is 10.5 Å². The molecule has 2 aromatic rings. The van der Waals surface area contributed by atoms with E-state index in [-0.39, 0.29) is 12.1 Å². The number of methoxy groups -OCH3 is 2. The summed E-state index contributed by atoms with van der Waals surface area (Å²) >= 11 is 0. The van der Waals surface area contributed by atoms with E-state index >= 15 is 0 Å². The zero-order valence-electron chi connectivity index (χ0n) is 18.0. The Kier molecular flexibility index (Phi) is 5.53. The van der Waals surface area contributed by atoms with E-state index in [1.165, 1.54) is 0 Å². The minimum atomic E-state index is -0.154. The number of anilines is 1. The molecular weight excluding hydrogens is 380 g/mol. The number of amides is 2. The Bertz CT molecular complexity index is 956. The van der Waals surface area contributed by atoms with Crippen molar-refractivity contribution in [2.75, 3.05) is 39.3 Å². The molecule has 0 N–H and O–H groups in total. The first-order chi connectivity index (χ1) is 14.5. The molecule has 1 atom stereocenters. The summed E-state index contributed by atoms with van der Waals surface area (Å²) in [7, 11) is 5.06. The van der Waals surface area contributed by atoms with Crippen LogP contribution in [0.15, 0.2) is 47.6 Å². The van der Waals surface area contributed by atoms with Crippen molar-refractivity contribution in [3.8, 4) is 11.5 Å². The third-order valence-corrected chi connectivity index (χ3v) is 5.77. The van der Waals surface area contributed by atoms with Crippen molar-refractivity contribution in [2.45, 2.75) is 25.8 Å². The molecule has 0 spiro atoms. The summed E-state index contributed by atoms with van der Waals surface area (Å²) < 4.78 is 11.1. The zero-order chi connectivity index (χ0) is 21.3. The van der Waals surface area contributed by atoms with Gasteiger partial charge in [0, 0.05) is 31.4 Å². The van der Waals surface area contributed by atoms with E-state index in [0.29, 0.717) is 17.9 Å². The van der Waals surface area contributed by atoms with Gasteiger partial charge in [-0.1, -0.05) is 18.2 Å². The highest BCUT2D eigenvalue weighted by atomic mass is 16.5. The highest BCUT2D eigenvalue weighted by Gasteiger charge is 2.33. The van der Waals surface area contributed by atoms with Crippen molar-refractivity contribution in [1.82, 2.24) is 9.91 Å². The lowest BCUT2D eigenvalue weighted by Crippen LogP contribution is -2.46. The van der Waals surface area contributed by atoms with Crippen molar-refractivity contribution in [2.24, 2.45) is 5.10 Å². The average molecular weight is 409 g/mol. The number of urea groups is 1.